The van der Waals surface area contributed by atoms with Crippen LogP contribution in [-0.2, 0) is 16.0 Å². The van der Waals surface area contributed by atoms with Gasteiger partial charge in [-0.2, -0.15) is 5.26 Å². The van der Waals surface area contributed by atoms with Gasteiger partial charge in [-0.1, -0.05) is 43.9 Å². The number of nitriles is 1. The zero-order valence-electron chi connectivity index (χ0n) is 22.4. The van der Waals surface area contributed by atoms with Gasteiger partial charge in [0.25, 0.3) is 5.91 Å². The van der Waals surface area contributed by atoms with Gasteiger partial charge in [-0.15, -0.1) is 0 Å². The minimum absolute atomic E-state index is 0.0339. The van der Waals surface area contributed by atoms with Crippen molar-refractivity contribution in [3.8, 4) is 6.07 Å². The summed E-state index contributed by atoms with van der Waals surface area (Å²) < 4.78 is 0. The molecule has 2 amide bonds. The highest BCUT2D eigenvalue weighted by Crippen LogP contribution is 2.35. The van der Waals surface area contributed by atoms with Gasteiger partial charge in [0.05, 0.1) is 11.6 Å². The van der Waals surface area contributed by atoms with Gasteiger partial charge in [0, 0.05) is 50.1 Å². The van der Waals surface area contributed by atoms with Gasteiger partial charge in [0.15, 0.2) is 0 Å². The normalized spacial score (nSPS) is 18.6. The molecule has 0 spiro atoms. The zero-order chi connectivity index (χ0) is 26.5. The molecule has 0 unspecified atom stereocenters. The predicted molar refractivity (Wildman–Crippen MR) is 152 cm³/mol. The smallest absolute Gasteiger partial charge is 0.251 e. The highest BCUT2D eigenvalue weighted by atomic mass is 16.2. The van der Waals surface area contributed by atoms with Crippen LogP contribution in [0.4, 0.5) is 11.4 Å². The molecule has 0 bridgehead atoms. The fourth-order valence-electron chi connectivity index (χ4n) is 6.39. The number of carbonyl (C=O) groups excluding carboxylic acids is 2. The average molecular weight is 511 g/mol. The third kappa shape index (κ3) is 6.00. The maximum atomic E-state index is 13.7. The Kier molecular flexibility index (Phi) is 8.24. The van der Waals surface area contributed by atoms with E-state index in [4.69, 9.17) is 0 Å². The third-order valence-electron chi connectivity index (χ3n) is 8.54. The SMILES string of the molecule is CC(=O)N1CCc2ccc(N(C(=O)/C=C\c3cccc(C#N)c3)C3CCN(CCC4CCCC4)CC3)cc21. The Bertz CT molecular complexity index is 1230. The Hall–Kier alpha value is -3.43. The van der Waals surface area contributed by atoms with Crippen molar-refractivity contribution in [3.63, 3.8) is 0 Å². The summed E-state index contributed by atoms with van der Waals surface area (Å²) in [6.45, 7) is 5.45. The first-order valence-electron chi connectivity index (χ1n) is 14.2. The van der Waals surface area contributed by atoms with Crippen LogP contribution in [0.3, 0.4) is 0 Å². The molecule has 2 fully saturated rings. The monoisotopic (exact) mass is 510 g/mol. The van der Waals surface area contributed by atoms with Crippen molar-refractivity contribution in [2.75, 3.05) is 36.0 Å². The van der Waals surface area contributed by atoms with Crippen LogP contribution in [0, 0.1) is 17.2 Å². The van der Waals surface area contributed by atoms with Crippen molar-refractivity contribution in [3.05, 3.63) is 65.2 Å². The number of anilines is 2. The molecule has 3 aliphatic rings. The molecule has 6 heteroatoms. The number of hydrogen-bond acceptors (Lipinski definition) is 4. The standard InChI is InChI=1S/C32H38N4O2/c1-24(37)35-20-14-28-10-11-30(22-31(28)35)36(32(38)12-9-26-7-4-8-27(21-26)23-33)29-15-18-34(19-16-29)17-13-25-5-2-3-6-25/h4,7-12,21-22,25,29H,2-3,5-6,13-20H2,1H3/b12-9-. The molecule has 0 atom stereocenters. The van der Waals surface area contributed by atoms with E-state index >= 15 is 0 Å². The minimum atomic E-state index is -0.0657. The molecular weight excluding hydrogens is 472 g/mol. The van der Waals surface area contributed by atoms with E-state index in [9.17, 15) is 14.9 Å². The molecule has 2 heterocycles. The number of fused-ring (bicyclic) bond motifs is 1. The van der Waals surface area contributed by atoms with Crippen LogP contribution in [0.25, 0.3) is 6.08 Å². The average Bonchev–Trinajstić information content (AvgIpc) is 3.62. The first-order chi connectivity index (χ1) is 18.5. The van der Waals surface area contributed by atoms with Gasteiger partial charge in [-0.05, 0) is 79.6 Å². The lowest BCUT2D eigenvalue weighted by atomic mass is 9.99. The van der Waals surface area contributed by atoms with Crippen LogP contribution in [0.5, 0.6) is 0 Å². The topological polar surface area (TPSA) is 67.6 Å². The number of carbonyl (C=O) groups is 2. The quantitative estimate of drug-likeness (QED) is 0.458. The molecule has 0 radical (unpaired) electrons. The first-order valence-corrected chi connectivity index (χ1v) is 14.2. The lowest BCUT2D eigenvalue weighted by Crippen LogP contribution is -2.47. The molecule has 0 aromatic heterocycles. The van der Waals surface area contributed by atoms with Gasteiger partial charge < -0.3 is 14.7 Å². The van der Waals surface area contributed by atoms with E-state index in [1.54, 1.807) is 31.2 Å². The van der Waals surface area contributed by atoms with Gasteiger partial charge in [0.1, 0.15) is 0 Å². The van der Waals surface area contributed by atoms with E-state index in [-0.39, 0.29) is 17.9 Å². The number of amides is 2. The van der Waals surface area contributed by atoms with Crippen molar-refractivity contribution in [1.82, 2.24) is 4.90 Å². The molecule has 2 aromatic carbocycles. The van der Waals surface area contributed by atoms with Crippen molar-refractivity contribution in [2.45, 2.75) is 64.3 Å². The molecule has 5 rings (SSSR count). The van der Waals surface area contributed by atoms with Crippen LogP contribution < -0.4 is 9.80 Å². The number of piperidine rings is 1. The second-order valence-electron chi connectivity index (χ2n) is 11.0. The second-order valence-corrected chi connectivity index (χ2v) is 11.0. The number of hydrogen-bond donors (Lipinski definition) is 0. The Morgan fingerprint density at radius 1 is 1.05 bits per heavy atom. The summed E-state index contributed by atoms with van der Waals surface area (Å²) in [5.41, 5.74) is 4.33. The Labute approximate surface area is 226 Å². The fourth-order valence-corrected chi connectivity index (χ4v) is 6.39. The largest absolute Gasteiger partial charge is 0.312 e. The summed E-state index contributed by atoms with van der Waals surface area (Å²) in [7, 11) is 0. The summed E-state index contributed by atoms with van der Waals surface area (Å²) in [5.74, 6) is 0.863. The van der Waals surface area contributed by atoms with E-state index in [1.807, 2.05) is 34.1 Å². The fraction of sp³-hybridized carbons (Fsp3) is 0.469. The maximum absolute atomic E-state index is 13.7. The van der Waals surface area contributed by atoms with E-state index < -0.39 is 0 Å². The third-order valence-corrected chi connectivity index (χ3v) is 8.54. The van der Waals surface area contributed by atoms with Crippen molar-refractivity contribution in [2.24, 2.45) is 5.92 Å². The Balaban J connectivity index is 1.35. The molecular formula is C32H38N4O2. The van der Waals surface area contributed by atoms with E-state index in [1.165, 1.54) is 32.1 Å². The van der Waals surface area contributed by atoms with Gasteiger partial charge in [-0.25, -0.2) is 0 Å². The molecule has 2 aromatic rings. The van der Waals surface area contributed by atoms with E-state index in [0.717, 1.165) is 67.3 Å². The number of rotatable bonds is 7. The van der Waals surface area contributed by atoms with Gasteiger partial charge >= 0.3 is 0 Å². The highest BCUT2D eigenvalue weighted by Gasteiger charge is 2.30. The first kappa shape index (κ1) is 26.2. The molecule has 198 valence electrons. The molecule has 1 saturated carbocycles. The summed E-state index contributed by atoms with van der Waals surface area (Å²) in [4.78, 5) is 32.3. The van der Waals surface area contributed by atoms with Gasteiger partial charge in [0.2, 0.25) is 5.91 Å². The lowest BCUT2D eigenvalue weighted by Gasteiger charge is -2.38. The summed E-state index contributed by atoms with van der Waals surface area (Å²) >= 11 is 0. The molecule has 1 aliphatic carbocycles. The van der Waals surface area contributed by atoms with Crippen LogP contribution in [0.15, 0.2) is 48.5 Å². The van der Waals surface area contributed by atoms with Crippen molar-refractivity contribution in [1.29, 1.82) is 5.26 Å². The van der Waals surface area contributed by atoms with Crippen LogP contribution >= 0.6 is 0 Å². The van der Waals surface area contributed by atoms with E-state index in [2.05, 4.69) is 17.0 Å². The summed E-state index contributed by atoms with van der Waals surface area (Å²) in [5, 5.41) is 9.22. The maximum Gasteiger partial charge on any atom is 0.251 e. The number of benzene rings is 2. The molecule has 6 nitrogen and oxygen atoms in total. The molecule has 0 N–H and O–H groups in total. The predicted octanol–water partition coefficient (Wildman–Crippen LogP) is 5.56. The van der Waals surface area contributed by atoms with Crippen LogP contribution in [0.1, 0.15) is 68.6 Å². The molecule has 1 saturated heterocycles. The summed E-state index contributed by atoms with van der Waals surface area (Å²) in [6.07, 6.45) is 13.0. The van der Waals surface area contributed by atoms with E-state index in [0.29, 0.717) is 12.1 Å². The molecule has 2 aliphatic heterocycles. The van der Waals surface area contributed by atoms with Gasteiger partial charge in [-0.3, -0.25) is 9.59 Å². The minimum Gasteiger partial charge on any atom is -0.312 e. The second kappa shape index (κ2) is 12.0. The zero-order valence-corrected chi connectivity index (χ0v) is 22.4. The number of nitrogens with zero attached hydrogens (tertiary/aromatic N) is 4. The van der Waals surface area contributed by atoms with Crippen molar-refractivity contribution < 1.29 is 9.59 Å². The van der Waals surface area contributed by atoms with Crippen LogP contribution in [-0.4, -0.2) is 48.9 Å². The Morgan fingerprint density at radius 2 is 1.84 bits per heavy atom. The Morgan fingerprint density at radius 3 is 2.58 bits per heavy atom. The van der Waals surface area contributed by atoms with Crippen molar-refractivity contribution >= 4 is 29.3 Å². The van der Waals surface area contributed by atoms with Crippen LogP contribution in [0.2, 0.25) is 0 Å². The highest BCUT2D eigenvalue weighted by molar-refractivity contribution is 6.05. The summed E-state index contributed by atoms with van der Waals surface area (Å²) in [6, 6.07) is 15.7. The number of likely N-dealkylation sites (tertiary alicyclic amines) is 1. The molecule has 38 heavy (non-hydrogen) atoms. The lowest BCUT2D eigenvalue weighted by molar-refractivity contribution is -0.116.